The summed E-state index contributed by atoms with van der Waals surface area (Å²) in [6.07, 6.45) is 0.0279. The summed E-state index contributed by atoms with van der Waals surface area (Å²) in [5.74, 6) is -0.295. The molecule has 27 heavy (non-hydrogen) atoms. The normalized spacial score (nSPS) is 11.9. The van der Waals surface area contributed by atoms with Crippen LogP contribution in [0.25, 0.3) is 11.0 Å². The van der Waals surface area contributed by atoms with Crippen LogP contribution in [-0.2, 0) is 21.2 Å². The van der Waals surface area contributed by atoms with Gasteiger partial charge < -0.3 is 9.84 Å². The molecule has 0 spiro atoms. The number of anilines is 1. The van der Waals surface area contributed by atoms with Gasteiger partial charge in [0.1, 0.15) is 5.69 Å². The van der Waals surface area contributed by atoms with Gasteiger partial charge in [0.15, 0.2) is 5.58 Å². The number of aryl methyl sites for hydroxylation is 1. The van der Waals surface area contributed by atoms with Gasteiger partial charge in [-0.2, -0.15) is 0 Å². The standard InChI is InChI=1S/C19H21N3O4S/c1-12-9-14(27(24,25)22(3)4)10-16(13(12)2)20-19(23)11-17-15-7-5-6-8-18(15)26-21-17/h5-10H,11H2,1-4H3,(H,20,23). The molecule has 0 aliphatic heterocycles. The first-order valence-electron chi connectivity index (χ1n) is 8.37. The van der Waals surface area contributed by atoms with Gasteiger partial charge in [-0.05, 0) is 49.2 Å². The summed E-state index contributed by atoms with van der Waals surface area (Å²) >= 11 is 0. The average Bonchev–Trinajstić information content (AvgIpc) is 3.01. The van der Waals surface area contributed by atoms with Crippen molar-refractivity contribution in [3.8, 4) is 0 Å². The Morgan fingerprint density at radius 1 is 1.19 bits per heavy atom. The SMILES string of the molecule is Cc1cc(S(=O)(=O)N(C)C)cc(NC(=O)Cc2noc3ccccc23)c1C. The van der Waals surface area contributed by atoms with E-state index in [2.05, 4.69) is 10.5 Å². The van der Waals surface area contributed by atoms with Crippen LogP contribution in [0.3, 0.4) is 0 Å². The number of hydrogen-bond acceptors (Lipinski definition) is 5. The number of carbonyl (C=O) groups excluding carboxylic acids is 1. The molecule has 0 bridgehead atoms. The van der Waals surface area contributed by atoms with Gasteiger partial charge in [-0.25, -0.2) is 12.7 Å². The van der Waals surface area contributed by atoms with Gasteiger partial charge >= 0.3 is 0 Å². The Hall–Kier alpha value is -2.71. The van der Waals surface area contributed by atoms with Gasteiger partial charge in [-0.3, -0.25) is 4.79 Å². The average molecular weight is 387 g/mol. The zero-order chi connectivity index (χ0) is 19.8. The number of fused-ring (bicyclic) bond motifs is 1. The zero-order valence-electron chi connectivity index (χ0n) is 15.6. The molecule has 3 aromatic rings. The second-order valence-corrected chi connectivity index (χ2v) is 8.70. The van der Waals surface area contributed by atoms with Crippen molar-refractivity contribution >= 4 is 32.6 Å². The first kappa shape index (κ1) is 19.1. The number of rotatable bonds is 5. The molecule has 0 unspecified atom stereocenters. The fourth-order valence-electron chi connectivity index (χ4n) is 2.73. The third-order valence-corrected chi connectivity index (χ3v) is 6.27. The van der Waals surface area contributed by atoms with Crippen molar-refractivity contribution in [2.24, 2.45) is 0 Å². The van der Waals surface area contributed by atoms with Crippen molar-refractivity contribution in [2.75, 3.05) is 19.4 Å². The van der Waals surface area contributed by atoms with E-state index in [1.54, 1.807) is 12.1 Å². The van der Waals surface area contributed by atoms with Crippen LogP contribution in [-0.4, -0.2) is 37.9 Å². The minimum Gasteiger partial charge on any atom is -0.356 e. The molecule has 0 fully saturated rings. The van der Waals surface area contributed by atoms with Crippen molar-refractivity contribution in [1.29, 1.82) is 0 Å². The minimum atomic E-state index is -3.60. The molecule has 0 atom stereocenters. The summed E-state index contributed by atoms with van der Waals surface area (Å²) in [5.41, 5.74) is 3.21. The summed E-state index contributed by atoms with van der Waals surface area (Å²) in [6, 6.07) is 10.4. The molecule has 0 radical (unpaired) electrons. The van der Waals surface area contributed by atoms with E-state index in [0.717, 1.165) is 20.8 Å². The molecule has 1 amide bonds. The van der Waals surface area contributed by atoms with Gasteiger partial charge in [0.25, 0.3) is 0 Å². The quantitative estimate of drug-likeness (QED) is 0.727. The molecule has 0 aliphatic carbocycles. The lowest BCUT2D eigenvalue weighted by Crippen LogP contribution is -2.23. The molecule has 142 valence electrons. The third kappa shape index (κ3) is 3.72. The minimum absolute atomic E-state index is 0.0279. The van der Waals surface area contributed by atoms with E-state index in [9.17, 15) is 13.2 Å². The first-order chi connectivity index (χ1) is 12.7. The maximum atomic E-state index is 12.5. The lowest BCUT2D eigenvalue weighted by Gasteiger charge is -2.16. The topological polar surface area (TPSA) is 92.5 Å². The van der Waals surface area contributed by atoms with Gasteiger partial charge in [0, 0.05) is 25.2 Å². The van der Waals surface area contributed by atoms with Gasteiger partial charge in [0.05, 0.1) is 11.3 Å². The highest BCUT2D eigenvalue weighted by atomic mass is 32.2. The second-order valence-electron chi connectivity index (χ2n) is 6.55. The molecule has 2 aromatic carbocycles. The monoisotopic (exact) mass is 387 g/mol. The summed E-state index contributed by atoms with van der Waals surface area (Å²) in [4.78, 5) is 12.7. The van der Waals surface area contributed by atoms with Crippen LogP contribution in [0.2, 0.25) is 0 Å². The predicted molar refractivity (Wildman–Crippen MR) is 103 cm³/mol. The van der Waals surface area contributed by atoms with Gasteiger partial charge in [-0.15, -0.1) is 0 Å². The van der Waals surface area contributed by atoms with Gasteiger partial charge in [0.2, 0.25) is 15.9 Å². The van der Waals surface area contributed by atoms with Crippen molar-refractivity contribution in [2.45, 2.75) is 25.2 Å². The molecule has 0 aliphatic rings. The van der Waals surface area contributed by atoms with E-state index >= 15 is 0 Å². The number of carbonyl (C=O) groups is 1. The summed E-state index contributed by atoms with van der Waals surface area (Å²) < 4.78 is 31.2. The second kappa shape index (κ2) is 7.13. The Balaban J connectivity index is 1.88. The number of nitrogens with zero attached hydrogens (tertiary/aromatic N) is 2. The summed E-state index contributed by atoms with van der Waals surface area (Å²) in [5, 5.41) is 7.54. The van der Waals surface area contributed by atoms with Crippen LogP contribution in [0.1, 0.15) is 16.8 Å². The van der Waals surface area contributed by atoms with E-state index in [0.29, 0.717) is 17.0 Å². The Labute approximate surface area is 158 Å². The Morgan fingerprint density at radius 2 is 1.89 bits per heavy atom. The molecular formula is C19H21N3O4S. The van der Waals surface area contributed by atoms with E-state index < -0.39 is 10.0 Å². The highest BCUT2D eigenvalue weighted by molar-refractivity contribution is 7.89. The largest absolute Gasteiger partial charge is 0.356 e. The number of para-hydroxylation sites is 1. The number of sulfonamides is 1. The Morgan fingerprint density at radius 3 is 2.59 bits per heavy atom. The number of hydrogen-bond donors (Lipinski definition) is 1. The Kier molecular flexibility index (Phi) is 5.03. The molecular weight excluding hydrogens is 366 g/mol. The molecule has 1 N–H and O–H groups in total. The molecule has 7 nitrogen and oxygen atoms in total. The third-order valence-electron chi connectivity index (χ3n) is 4.47. The number of benzene rings is 2. The fraction of sp³-hybridized carbons (Fsp3) is 0.263. The Bertz CT molecular complexity index is 1120. The zero-order valence-corrected chi connectivity index (χ0v) is 16.4. The van der Waals surface area contributed by atoms with E-state index in [4.69, 9.17) is 4.52 Å². The lowest BCUT2D eigenvalue weighted by molar-refractivity contribution is -0.115. The van der Waals surface area contributed by atoms with Crippen molar-refractivity contribution < 1.29 is 17.7 Å². The highest BCUT2D eigenvalue weighted by Crippen LogP contribution is 2.26. The highest BCUT2D eigenvalue weighted by Gasteiger charge is 2.20. The molecule has 1 aromatic heterocycles. The summed E-state index contributed by atoms with van der Waals surface area (Å²) in [6.45, 7) is 3.65. The van der Waals surface area contributed by atoms with Crippen LogP contribution >= 0.6 is 0 Å². The van der Waals surface area contributed by atoms with E-state index in [1.165, 1.54) is 20.2 Å². The maximum Gasteiger partial charge on any atom is 0.242 e. The smallest absolute Gasteiger partial charge is 0.242 e. The van der Waals surface area contributed by atoms with Crippen molar-refractivity contribution in [1.82, 2.24) is 9.46 Å². The fourth-order valence-corrected chi connectivity index (χ4v) is 3.74. The van der Waals surface area contributed by atoms with Gasteiger partial charge in [-0.1, -0.05) is 17.3 Å². The predicted octanol–water partition coefficient (Wildman–Crippen LogP) is 2.88. The van der Waals surface area contributed by atoms with E-state index in [1.807, 2.05) is 32.0 Å². The molecule has 3 rings (SSSR count). The molecule has 1 heterocycles. The number of nitrogens with one attached hydrogen (secondary N) is 1. The van der Waals surface area contributed by atoms with Crippen molar-refractivity contribution in [3.63, 3.8) is 0 Å². The molecule has 8 heteroatoms. The van der Waals surface area contributed by atoms with Crippen LogP contribution in [0.5, 0.6) is 0 Å². The van der Waals surface area contributed by atoms with Crippen molar-refractivity contribution in [3.05, 3.63) is 53.2 Å². The first-order valence-corrected chi connectivity index (χ1v) is 9.81. The van der Waals surface area contributed by atoms with E-state index in [-0.39, 0.29) is 17.2 Å². The molecule has 0 saturated carbocycles. The van der Waals surface area contributed by atoms with Crippen LogP contribution in [0.15, 0.2) is 45.8 Å². The molecule has 0 saturated heterocycles. The number of aromatic nitrogens is 1. The van der Waals surface area contributed by atoms with Crippen LogP contribution in [0.4, 0.5) is 5.69 Å². The number of amides is 1. The van der Waals surface area contributed by atoms with Crippen LogP contribution < -0.4 is 5.32 Å². The lowest BCUT2D eigenvalue weighted by atomic mass is 10.1. The summed E-state index contributed by atoms with van der Waals surface area (Å²) in [7, 11) is -0.657. The maximum absolute atomic E-state index is 12.5. The van der Waals surface area contributed by atoms with Crippen LogP contribution in [0, 0.1) is 13.8 Å².